The number of Topliss-reactive ketones (excluding diaryl/α,β-unsaturated/α-hetero) is 1. The molecule has 0 spiro atoms. The van der Waals surface area contributed by atoms with Crippen LogP contribution < -0.4 is 5.32 Å². The van der Waals surface area contributed by atoms with E-state index in [0.717, 1.165) is 19.8 Å². The molecule has 1 unspecified atom stereocenters. The Morgan fingerprint density at radius 1 is 1.07 bits per heavy atom. The minimum Gasteiger partial charge on any atom is -0.478 e. The Balaban J connectivity index is 2.00. The van der Waals surface area contributed by atoms with Gasteiger partial charge in [0.1, 0.15) is 34.7 Å². The highest BCUT2D eigenvalue weighted by atomic mass is 19.1. The van der Waals surface area contributed by atoms with Crippen LogP contribution in [-0.4, -0.2) is 22.8 Å². The van der Waals surface area contributed by atoms with Gasteiger partial charge in [0.05, 0.1) is 6.04 Å². The minimum absolute atomic E-state index is 0.00431. The predicted octanol–water partition coefficient (Wildman–Crippen LogP) is 3.74. The molecular weight excluding hydrogens is 387 g/mol. The molecule has 1 amide bonds. The van der Waals surface area contributed by atoms with Crippen LogP contribution in [0.4, 0.5) is 13.2 Å². The number of aromatic carboxylic acids is 1. The second-order valence-corrected chi connectivity index (χ2v) is 7.05. The predicted molar refractivity (Wildman–Crippen MR) is 96.7 cm³/mol. The summed E-state index contributed by atoms with van der Waals surface area (Å²) in [5, 5.41) is 11.9. The number of rotatable bonds is 7. The molecule has 1 aliphatic rings. The van der Waals surface area contributed by atoms with Gasteiger partial charge in [0.15, 0.2) is 0 Å². The third kappa shape index (κ3) is 4.31. The highest BCUT2D eigenvalue weighted by molar-refractivity contribution is 6.08. The SMILES string of the molecule is CC(=O)C(C(=O)N[C@H](c1cccc(F)c1)C1CC1)c1c(F)ccc(F)c1C(=O)O. The van der Waals surface area contributed by atoms with Gasteiger partial charge in [0.2, 0.25) is 5.91 Å². The summed E-state index contributed by atoms with van der Waals surface area (Å²) < 4.78 is 42.1. The Bertz CT molecular complexity index is 988. The number of halogens is 3. The molecule has 0 bridgehead atoms. The zero-order chi connectivity index (χ0) is 21.3. The van der Waals surface area contributed by atoms with Gasteiger partial charge in [-0.1, -0.05) is 12.1 Å². The van der Waals surface area contributed by atoms with E-state index < -0.39 is 58.2 Å². The van der Waals surface area contributed by atoms with Crippen molar-refractivity contribution < 1.29 is 32.7 Å². The Morgan fingerprint density at radius 2 is 1.72 bits per heavy atom. The van der Waals surface area contributed by atoms with Gasteiger partial charge in [-0.15, -0.1) is 0 Å². The summed E-state index contributed by atoms with van der Waals surface area (Å²) >= 11 is 0. The maximum atomic E-state index is 14.4. The number of hydrogen-bond donors (Lipinski definition) is 2. The Morgan fingerprint density at radius 3 is 2.28 bits per heavy atom. The summed E-state index contributed by atoms with van der Waals surface area (Å²) in [7, 11) is 0. The van der Waals surface area contributed by atoms with Crippen molar-refractivity contribution in [3.05, 3.63) is 70.5 Å². The second kappa shape index (κ2) is 8.06. The van der Waals surface area contributed by atoms with Gasteiger partial charge in [-0.05, 0) is 55.5 Å². The molecule has 2 aromatic rings. The third-order valence-corrected chi connectivity index (χ3v) is 4.91. The molecule has 0 heterocycles. The molecular formula is C21H18F3NO4. The summed E-state index contributed by atoms with van der Waals surface area (Å²) in [5.41, 5.74) is -1.41. The first kappa shape index (κ1) is 20.6. The van der Waals surface area contributed by atoms with Crippen molar-refractivity contribution in [1.29, 1.82) is 0 Å². The first-order valence-electron chi connectivity index (χ1n) is 8.98. The van der Waals surface area contributed by atoms with Gasteiger partial charge >= 0.3 is 5.97 Å². The van der Waals surface area contributed by atoms with E-state index in [0.29, 0.717) is 17.7 Å². The van der Waals surface area contributed by atoms with E-state index in [1.807, 2.05) is 0 Å². The largest absolute Gasteiger partial charge is 0.478 e. The average molecular weight is 405 g/mol. The van der Waals surface area contributed by atoms with Crippen molar-refractivity contribution in [3.8, 4) is 0 Å². The maximum Gasteiger partial charge on any atom is 0.339 e. The maximum absolute atomic E-state index is 14.4. The van der Waals surface area contributed by atoms with Crippen molar-refractivity contribution in [2.24, 2.45) is 5.92 Å². The van der Waals surface area contributed by atoms with E-state index in [2.05, 4.69) is 5.32 Å². The molecule has 2 atom stereocenters. The lowest BCUT2D eigenvalue weighted by atomic mass is 9.88. The van der Waals surface area contributed by atoms with Gasteiger partial charge < -0.3 is 10.4 Å². The van der Waals surface area contributed by atoms with Gasteiger partial charge in [0.25, 0.3) is 0 Å². The molecule has 0 aliphatic heterocycles. The quantitative estimate of drug-likeness (QED) is 0.688. The number of ketones is 1. The van der Waals surface area contributed by atoms with Crippen molar-refractivity contribution in [2.45, 2.75) is 31.7 Å². The highest BCUT2D eigenvalue weighted by Gasteiger charge is 2.39. The Kier molecular flexibility index (Phi) is 5.72. The van der Waals surface area contributed by atoms with Crippen LogP contribution in [0.1, 0.15) is 53.2 Å². The molecule has 152 valence electrons. The molecule has 5 nitrogen and oxygen atoms in total. The van der Waals surface area contributed by atoms with Crippen LogP contribution in [0.5, 0.6) is 0 Å². The highest BCUT2D eigenvalue weighted by Crippen LogP contribution is 2.41. The van der Waals surface area contributed by atoms with Crippen LogP contribution in [0.15, 0.2) is 36.4 Å². The number of hydrogen-bond acceptors (Lipinski definition) is 3. The smallest absolute Gasteiger partial charge is 0.339 e. The number of carboxylic acids is 1. The summed E-state index contributed by atoms with van der Waals surface area (Å²) in [6.45, 7) is 0.995. The Labute approximate surface area is 164 Å². The first-order valence-corrected chi connectivity index (χ1v) is 8.98. The first-order chi connectivity index (χ1) is 13.7. The van der Waals surface area contributed by atoms with E-state index in [9.17, 15) is 32.7 Å². The molecule has 0 aromatic heterocycles. The van der Waals surface area contributed by atoms with Gasteiger partial charge in [0, 0.05) is 5.56 Å². The van der Waals surface area contributed by atoms with Crippen LogP contribution in [0.2, 0.25) is 0 Å². The molecule has 0 saturated heterocycles. The van der Waals surface area contributed by atoms with E-state index in [1.54, 1.807) is 6.07 Å². The minimum atomic E-state index is -1.85. The normalized spacial score (nSPS) is 15.4. The molecule has 1 fully saturated rings. The van der Waals surface area contributed by atoms with Crippen LogP contribution in [0, 0.1) is 23.4 Å². The van der Waals surface area contributed by atoms with E-state index >= 15 is 0 Å². The number of carbonyl (C=O) groups excluding carboxylic acids is 2. The van der Waals surface area contributed by atoms with Crippen molar-refractivity contribution in [2.75, 3.05) is 0 Å². The fraction of sp³-hybridized carbons (Fsp3) is 0.286. The Hall–Kier alpha value is -3.16. The van der Waals surface area contributed by atoms with Crippen LogP contribution >= 0.6 is 0 Å². The number of amides is 1. The van der Waals surface area contributed by atoms with Crippen LogP contribution in [0.3, 0.4) is 0 Å². The summed E-state index contributed by atoms with van der Waals surface area (Å²) in [6.07, 6.45) is 1.53. The van der Waals surface area contributed by atoms with Crippen molar-refractivity contribution in [3.63, 3.8) is 0 Å². The van der Waals surface area contributed by atoms with Crippen molar-refractivity contribution >= 4 is 17.7 Å². The lowest BCUT2D eigenvalue weighted by Crippen LogP contribution is -2.37. The molecule has 1 saturated carbocycles. The lowest BCUT2D eigenvalue weighted by molar-refractivity contribution is -0.130. The molecule has 2 aromatic carbocycles. The van der Waals surface area contributed by atoms with Gasteiger partial charge in [-0.3, -0.25) is 9.59 Å². The van der Waals surface area contributed by atoms with Crippen molar-refractivity contribution in [1.82, 2.24) is 5.32 Å². The number of carbonyl (C=O) groups is 3. The molecule has 8 heteroatoms. The summed E-state index contributed by atoms with van der Waals surface area (Å²) in [5.74, 6) is -8.38. The van der Waals surface area contributed by atoms with Gasteiger partial charge in [-0.2, -0.15) is 0 Å². The van der Waals surface area contributed by atoms with E-state index in [1.165, 1.54) is 18.2 Å². The standard InChI is InChI=1S/C21H18F3NO4/c1-10(26)16(17-14(23)7-8-15(24)18(17)21(28)29)20(27)25-19(11-5-6-11)12-3-2-4-13(22)9-12/h2-4,7-9,11,16,19H,5-6H2,1H3,(H,25,27)(H,28,29)/t16?,19-/m0/s1. The molecule has 29 heavy (non-hydrogen) atoms. The van der Waals surface area contributed by atoms with E-state index in [4.69, 9.17) is 0 Å². The second-order valence-electron chi connectivity index (χ2n) is 7.05. The molecule has 3 rings (SSSR count). The van der Waals surface area contributed by atoms with Gasteiger partial charge in [-0.25, -0.2) is 18.0 Å². The zero-order valence-corrected chi connectivity index (χ0v) is 15.4. The van der Waals surface area contributed by atoms with Crippen LogP contribution in [-0.2, 0) is 9.59 Å². The summed E-state index contributed by atoms with van der Waals surface area (Å²) in [4.78, 5) is 36.5. The number of nitrogens with one attached hydrogen (secondary N) is 1. The molecule has 1 aliphatic carbocycles. The van der Waals surface area contributed by atoms with E-state index in [-0.39, 0.29) is 5.92 Å². The average Bonchev–Trinajstić information content (AvgIpc) is 3.47. The monoisotopic (exact) mass is 405 g/mol. The fourth-order valence-corrected chi connectivity index (χ4v) is 3.43. The molecule has 2 N–H and O–H groups in total. The zero-order valence-electron chi connectivity index (χ0n) is 15.4. The number of carboxylic acid groups (broad SMARTS) is 1. The topological polar surface area (TPSA) is 83.5 Å². The molecule has 0 radical (unpaired) electrons. The lowest BCUT2D eigenvalue weighted by Gasteiger charge is -2.23. The fourth-order valence-electron chi connectivity index (χ4n) is 3.43. The number of benzene rings is 2. The summed E-state index contributed by atoms with van der Waals surface area (Å²) in [6, 6.07) is 6.24. The van der Waals surface area contributed by atoms with Crippen LogP contribution in [0.25, 0.3) is 0 Å². The third-order valence-electron chi connectivity index (χ3n) is 4.91.